The van der Waals surface area contributed by atoms with E-state index in [4.69, 9.17) is 15.5 Å². The van der Waals surface area contributed by atoms with E-state index in [9.17, 15) is 0 Å². The van der Waals surface area contributed by atoms with Crippen LogP contribution in [0.15, 0.2) is 0 Å². The predicted octanol–water partition coefficient (Wildman–Crippen LogP) is 0.0202. The van der Waals surface area contributed by atoms with E-state index in [0.717, 1.165) is 0 Å². The molecule has 0 heterocycles. The van der Waals surface area contributed by atoms with E-state index in [1.54, 1.807) is 13.8 Å². The molecule has 0 rings (SSSR count). The summed E-state index contributed by atoms with van der Waals surface area (Å²) in [5.74, 6) is 0. The van der Waals surface area contributed by atoms with Crippen LogP contribution in [0.25, 0.3) is 0 Å². The fraction of sp³-hybridized carbons (Fsp3) is 1.00. The normalized spacial score (nSPS) is 12.8. The summed E-state index contributed by atoms with van der Waals surface area (Å²) in [7, 11) is -1.87. The molecule has 0 aliphatic rings. The zero-order valence-electron chi connectivity index (χ0n) is 5.13. The Hall–Kier alpha value is 0.310. The quantitative estimate of drug-likeness (QED) is 0.470. The summed E-state index contributed by atoms with van der Waals surface area (Å²) in [5, 5.41) is -0.505. The molecule has 0 unspecified atom stereocenters. The SMILES string of the molecule is CC(C)(CN)P(O)O. The molecule has 8 heavy (non-hydrogen) atoms. The summed E-state index contributed by atoms with van der Waals surface area (Å²) in [5.41, 5.74) is 5.20. The standard InChI is InChI=1S/C4H12NO2P/c1-4(2,3-5)8(6)7/h6-7H,3,5H2,1-2H3. The number of hydrogen-bond acceptors (Lipinski definition) is 3. The molecule has 0 spiro atoms. The minimum Gasteiger partial charge on any atom is -0.350 e. The largest absolute Gasteiger partial charge is 0.350 e. The van der Waals surface area contributed by atoms with Crippen molar-refractivity contribution in [3.8, 4) is 0 Å². The van der Waals surface area contributed by atoms with E-state index in [1.807, 2.05) is 0 Å². The van der Waals surface area contributed by atoms with Crippen LogP contribution < -0.4 is 5.73 Å². The van der Waals surface area contributed by atoms with E-state index in [1.165, 1.54) is 0 Å². The van der Waals surface area contributed by atoms with Crippen molar-refractivity contribution in [1.82, 2.24) is 0 Å². The molecular weight excluding hydrogens is 125 g/mol. The Labute approximate surface area is 50.4 Å². The molecule has 0 amide bonds. The molecule has 0 aliphatic heterocycles. The van der Waals surface area contributed by atoms with Gasteiger partial charge >= 0.3 is 0 Å². The average molecular weight is 137 g/mol. The van der Waals surface area contributed by atoms with Gasteiger partial charge in [-0.1, -0.05) is 13.8 Å². The van der Waals surface area contributed by atoms with Gasteiger partial charge in [-0.3, -0.25) is 0 Å². The van der Waals surface area contributed by atoms with Crippen molar-refractivity contribution in [3.05, 3.63) is 0 Å². The fourth-order valence-electron chi connectivity index (χ4n) is 0.0816. The van der Waals surface area contributed by atoms with Crippen LogP contribution in [-0.2, 0) is 0 Å². The summed E-state index contributed by atoms with van der Waals surface area (Å²) in [6.07, 6.45) is 0. The lowest BCUT2D eigenvalue weighted by Crippen LogP contribution is -2.28. The smallest absolute Gasteiger partial charge is 0.172 e. The lowest BCUT2D eigenvalue weighted by atomic mass is 10.2. The molecular formula is C4H12NO2P. The van der Waals surface area contributed by atoms with Crippen LogP contribution in [0.4, 0.5) is 0 Å². The van der Waals surface area contributed by atoms with Crippen molar-refractivity contribution < 1.29 is 9.79 Å². The Bertz CT molecular complexity index is 74.4. The van der Waals surface area contributed by atoms with Crippen molar-refractivity contribution in [2.45, 2.75) is 19.0 Å². The topological polar surface area (TPSA) is 66.5 Å². The summed E-state index contributed by atoms with van der Waals surface area (Å²) in [4.78, 5) is 17.2. The number of rotatable bonds is 2. The maximum absolute atomic E-state index is 8.62. The summed E-state index contributed by atoms with van der Waals surface area (Å²) in [6, 6.07) is 0. The third kappa shape index (κ3) is 2.05. The Balaban J connectivity index is 3.71. The molecule has 0 saturated carbocycles. The summed E-state index contributed by atoms with van der Waals surface area (Å²) >= 11 is 0. The summed E-state index contributed by atoms with van der Waals surface area (Å²) in [6.45, 7) is 3.75. The van der Waals surface area contributed by atoms with Gasteiger partial charge in [0.1, 0.15) is 0 Å². The van der Waals surface area contributed by atoms with Crippen molar-refractivity contribution in [2.75, 3.05) is 6.54 Å². The highest BCUT2D eigenvalue weighted by Gasteiger charge is 2.24. The molecule has 0 aliphatic carbocycles. The zero-order valence-corrected chi connectivity index (χ0v) is 6.02. The molecule has 50 valence electrons. The van der Waals surface area contributed by atoms with Gasteiger partial charge in [0, 0.05) is 11.7 Å². The van der Waals surface area contributed by atoms with E-state index >= 15 is 0 Å². The van der Waals surface area contributed by atoms with Crippen LogP contribution in [0.1, 0.15) is 13.8 Å². The minimum absolute atomic E-state index is 0.311. The molecule has 0 fully saturated rings. The zero-order chi connectivity index (χ0) is 6.78. The number of nitrogens with two attached hydrogens (primary N) is 1. The van der Waals surface area contributed by atoms with Crippen molar-refractivity contribution >= 4 is 8.38 Å². The van der Waals surface area contributed by atoms with Crippen LogP contribution in [0.3, 0.4) is 0 Å². The Kier molecular flexibility index (Phi) is 2.84. The predicted molar refractivity (Wildman–Crippen MR) is 34.5 cm³/mol. The first kappa shape index (κ1) is 8.31. The molecule has 4 N–H and O–H groups in total. The second-order valence-electron chi connectivity index (χ2n) is 2.31. The van der Waals surface area contributed by atoms with Gasteiger partial charge < -0.3 is 15.5 Å². The van der Waals surface area contributed by atoms with Crippen molar-refractivity contribution in [2.24, 2.45) is 5.73 Å². The molecule has 0 atom stereocenters. The van der Waals surface area contributed by atoms with Gasteiger partial charge in [0.2, 0.25) is 0 Å². The fourth-order valence-corrected chi connectivity index (χ4v) is 0.245. The molecule has 3 nitrogen and oxygen atoms in total. The second-order valence-corrected chi connectivity index (χ2v) is 4.10. The van der Waals surface area contributed by atoms with Gasteiger partial charge in [-0.05, 0) is 0 Å². The minimum atomic E-state index is -1.87. The lowest BCUT2D eigenvalue weighted by Gasteiger charge is -2.22. The molecule has 0 aromatic rings. The first-order valence-electron chi connectivity index (χ1n) is 2.39. The van der Waals surface area contributed by atoms with Crippen molar-refractivity contribution in [1.29, 1.82) is 0 Å². The van der Waals surface area contributed by atoms with Crippen LogP contribution in [-0.4, -0.2) is 21.5 Å². The molecule has 0 radical (unpaired) electrons. The van der Waals surface area contributed by atoms with E-state index in [0.29, 0.717) is 6.54 Å². The first-order chi connectivity index (χ1) is 3.50. The first-order valence-corrected chi connectivity index (χ1v) is 3.63. The van der Waals surface area contributed by atoms with Gasteiger partial charge in [-0.2, -0.15) is 0 Å². The second kappa shape index (κ2) is 2.74. The van der Waals surface area contributed by atoms with Gasteiger partial charge in [0.25, 0.3) is 0 Å². The van der Waals surface area contributed by atoms with Gasteiger partial charge in [0.05, 0.1) is 0 Å². The maximum atomic E-state index is 8.62. The highest BCUT2D eigenvalue weighted by Crippen LogP contribution is 2.40. The van der Waals surface area contributed by atoms with Gasteiger partial charge in [0.15, 0.2) is 8.38 Å². The molecule has 0 bridgehead atoms. The Morgan fingerprint density at radius 3 is 1.88 bits per heavy atom. The van der Waals surface area contributed by atoms with E-state index in [2.05, 4.69) is 0 Å². The van der Waals surface area contributed by atoms with E-state index < -0.39 is 13.5 Å². The number of hydrogen-bond donors (Lipinski definition) is 3. The van der Waals surface area contributed by atoms with Crippen LogP contribution in [0, 0.1) is 0 Å². The summed E-state index contributed by atoms with van der Waals surface area (Å²) < 4.78 is 0. The Morgan fingerprint density at radius 1 is 1.50 bits per heavy atom. The van der Waals surface area contributed by atoms with Crippen LogP contribution in [0.2, 0.25) is 0 Å². The van der Waals surface area contributed by atoms with Crippen LogP contribution >= 0.6 is 8.38 Å². The van der Waals surface area contributed by atoms with Gasteiger partial charge in [-0.25, -0.2) is 0 Å². The lowest BCUT2D eigenvalue weighted by molar-refractivity contribution is 0.438. The Morgan fingerprint density at radius 2 is 1.88 bits per heavy atom. The van der Waals surface area contributed by atoms with Crippen molar-refractivity contribution in [3.63, 3.8) is 0 Å². The average Bonchev–Trinajstić information content (AvgIpc) is 1.67. The maximum Gasteiger partial charge on any atom is 0.172 e. The van der Waals surface area contributed by atoms with Gasteiger partial charge in [-0.15, -0.1) is 0 Å². The third-order valence-electron chi connectivity index (χ3n) is 1.04. The highest BCUT2D eigenvalue weighted by molar-refractivity contribution is 7.47. The molecule has 0 saturated heterocycles. The molecule has 0 aromatic heterocycles. The monoisotopic (exact) mass is 137 g/mol. The highest BCUT2D eigenvalue weighted by atomic mass is 31.2. The van der Waals surface area contributed by atoms with E-state index in [-0.39, 0.29) is 0 Å². The third-order valence-corrected chi connectivity index (χ3v) is 2.31. The van der Waals surface area contributed by atoms with Crippen LogP contribution in [0.5, 0.6) is 0 Å². The molecule has 0 aromatic carbocycles. The molecule has 4 heteroatoms.